The molecule has 1 atom stereocenters. The predicted octanol–water partition coefficient (Wildman–Crippen LogP) is 2.51. The summed E-state index contributed by atoms with van der Waals surface area (Å²) in [6.45, 7) is 6.62. The molecule has 5 heteroatoms. The molecule has 0 amide bonds. The Bertz CT molecular complexity index is 569. The van der Waals surface area contributed by atoms with Gasteiger partial charge in [-0.25, -0.2) is 0 Å². The number of hydrogen-bond donors (Lipinski definition) is 3. The normalized spacial score (nSPS) is 23.8. The topological polar surface area (TPSA) is 59.9 Å². The van der Waals surface area contributed by atoms with E-state index >= 15 is 0 Å². The monoisotopic (exact) mass is 358 g/mol. The second-order valence-corrected chi connectivity index (χ2v) is 7.83. The third-order valence-corrected chi connectivity index (χ3v) is 5.51. The van der Waals surface area contributed by atoms with Gasteiger partial charge >= 0.3 is 0 Å². The number of hydrogen-bond acceptors (Lipinski definition) is 3. The number of piperidine rings is 1. The molecule has 2 aliphatic rings. The summed E-state index contributed by atoms with van der Waals surface area (Å²) in [6, 6.07) is 11.1. The molecule has 26 heavy (non-hydrogen) atoms. The molecule has 144 valence electrons. The van der Waals surface area contributed by atoms with Crippen molar-refractivity contribution in [3.05, 3.63) is 35.9 Å². The molecular formula is C21H34N4O. The van der Waals surface area contributed by atoms with Crippen molar-refractivity contribution in [3.63, 3.8) is 0 Å². The zero-order chi connectivity index (χ0) is 18.2. The van der Waals surface area contributed by atoms with Crippen molar-refractivity contribution >= 4 is 5.96 Å². The fraction of sp³-hybridized carbons (Fsp3) is 0.667. The van der Waals surface area contributed by atoms with Gasteiger partial charge < -0.3 is 15.7 Å². The fourth-order valence-corrected chi connectivity index (χ4v) is 4.09. The summed E-state index contributed by atoms with van der Waals surface area (Å²) in [5.74, 6) is 0.847. The van der Waals surface area contributed by atoms with E-state index in [1.165, 1.54) is 18.4 Å². The molecule has 0 radical (unpaired) electrons. The summed E-state index contributed by atoms with van der Waals surface area (Å²) in [5, 5.41) is 17.5. The Kier molecular flexibility index (Phi) is 6.92. The number of nitrogens with zero attached hydrogens (tertiary/aromatic N) is 2. The molecule has 1 aromatic rings. The summed E-state index contributed by atoms with van der Waals surface area (Å²) < 4.78 is 0. The van der Waals surface area contributed by atoms with Gasteiger partial charge in [-0.15, -0.1) is 0 Å². The molecule has 1 aliphatic carbocycles. The van der Waals surface area contributed by atoms with E-state index in [0.717, 1.165) is 57.8 Å². The molecule has 1 saturated heterocycles. The van der Waals surface area contributed by atoms with E-state index in [2.05, 4.69) is 52.8 Å². The maximum Gasteiger partial charge on any atom is 0.191 e. The predicted molar refractivity (Wildman–Crippen MR) is 107 cm³/mol. The quantitative estimate of drug-likeness (QED) is 0.540. The zero-order valence-corrected chi connectivity index (χ0v) is 16.1. The van der Waals surface area contributed by atoms with E-state index in [-0.39, 0.29) is 0 Å². The molecule has 2 fully saturated rings. The molecule has 1 heterocycles. The van der Waals surface area contributed by atoms with E-state index in [1.807, 2.05) is 0 Å². The minimum absolute atomic E-state index is 0.406. The van der Waals surface area contributed by atoms with Crippen LogP contribution in [0.3, 0.4) is 0 Å². The number of guanidine groups is 1. The Balaban J connectivity index is 1.54. The molecule has 0 aromatic heterocycles. The number of aliphatic imine (C=N–C) groups is 1. The van der Waals surface area contributed by atoms with Gasteiger partial charge in [0.15, 0.2) is 5.96 Å². The average Bonchev–Trinajstić information content (AvgIpc) is 3.08. The van der Waals surface area contributed by atoms with Crippen molar-refractivity contribution in [1.29, 1.82) is 0 Å². The number of likely N-dealkylation sites (tertiary alicyclic amines) is 1. The van der Waals surface area contributed by atoms with Crippen LogP contribution in [-0.4, -0.2) is 53.8 Å². The van der Waals surface area contributed by atoms with Gasteiger partial charge in [0.2, 0.25) is 0 Å². The third kappa shape index (κ3) is 5.71. The van der Waals surface area contributed by atoms with Crippen LogP contribution < -0.4 is 10.6 Å². The fourth-order valence-electron chi connectivity index (χ4n) is 4.09. The van der Waals surface area contributed by atoms with Crippen molar-refractivity contribution in [2.24, 2.45) is 4.99 Å². The van der Waals surface area contributed by atoms with Crippen molar-refractivity contribution in [2.75, 3.05) is 26.2 Å². The minimum Gasteiger partial charge on any atom is -0.388 e. The Labute approximate surface area is 157 Å². The van der Waals surface area contributed by atoms with E-state index in [4.69, 9.17) is 4.99 Å². The Morgan fingerprint density at radius 3 is 2.73 bits per heavy atom. The van der Waals surface area contributed by atoms with E-state index in [1.54, 1.807) is 0 Å². The lowest BCUT2D eigenvalue weighted by Crippen LogP contribution is -2.51. The number of rotatable bonds is 6. The van der Waals surface area contributed by atoms with Gasteiger partial charge in [-0.1, -0.05) is 43.2 Å². The van der Waals surface area contributed by atoms with Gasteiger partial charge in [0.05, 0.1) is 12.1 Å². The first-order valence-electron chi connectivity index (χ1n) is 10.2. The van der Waals surface area contributed by atoms with Crippen LogP contribution in [0.1, 0.15) is 51.0 Å². The SMILES string of the molecule is CCNC(=NCC1(O)CCCC1)NC1CCCN(Cc2ccccc2)C1. The zero-order valence-electron chi connectivity index (χ0n) is 16.1. The van der Waals surface area contributed by atoms with Gasteiger partial charge in [-0.2, -0.15) is 0 Å². The van der Waals surface area contributed by atoms with Crippen LogP contribution in [0.2, 0.25) is 0 Å². The summed E-state index contributed by atoms with van der Waals surface area (Å²) >= 11 is 0. The molecule has 1 aliphatic heterocycles. The minimum atomic E-state index is -0.589. The summed E-state index contributed by atoms with van der Waals surface area (Å²) in [7, 11) is 0. The first-order valence-corrected chi connectivity index (χ1v) is 10.2. The van der Waals surface area contributed by atoms with Gasteiger partial charge in [0.25, 0.3) is 0 Å². The molecule has 1 unspecified atom stereocenters. The van der Waals surface area contributed by atoms with Crippen LogP contribution in [0, 0.1) is 0 Å². The molecule has 5 nitrogen and oxygen atoms in total. The van der Waals surface area contributed by atoms with E-state index < -0.39 is 5.60 Å². The summed E-state index contributed by atoms with van der Waals surface area (Å²) in [6.07, 6.45) is 6.36. The second kappa shape index (κ2) is 9.38. The molecule has 0 bridgehead atoms. The lowest BCUT2D eigenvalue weighted by molar-refractivity contribution is 0.0573. The van der Waals surface area contributed by atoms with Crippen LogP contribution in [0.25, 0.3) is 0 Å². The maximum absolute atomic E-state index is 10.5. The Hall–Kier alpha value is -1.59. The largest absolute Gasteiger partial charge is 0.388 e. The highest BCUT2D eigenvalue weighted by atomic mass is 16.3. The van der Waals surface area contributed by atoms with E-state index in [9.17, 15) is 5.11 Å². The number of aliphatic hydroxyl groups is 1. The molecule has 1 saturated carbocycles. The molecular weight excluding hydrogens is 324 g/mol. The Morgan fingerprint density at radius 2 is 2.00 bits per heavy atom. The van der Waals surface area contributed by atoms with Crippen LogP contribution in [0.15, 0.2) is 35.3 Å². The van der Waals surface area contributed by atoms with Gasteiger partial charge in [-0.3, -0.25) is 9.89 Å². The summed E-state index contributed by atoms with van der Waals surface area (Å²) in [5.41, 5.74) is 0.783. The number of benzene rings is 1. The average molecular weight is 359 g/mol. The van der Waals surface area contributed by atoms with Gasteiger partial charge in [-0.05, 0) is 44.7 Å². The highest BCUT2D eigenvalue weighted by Gasteiger charge is 2.31. The van der Waals surface area contributed by atoms with Crippen LogP contribution in [0.4, 0.5) is 0 Å². The summed E-state index contributed by atoms with van der Waals surface area (Å²) in [4.78, 5) is 7.21. The molecule has 3 rings (SSSR count). The van der Waals surface area contributed by atoms with Crippen molar-refractivity contribution in [1.82, 2.24) is 15.5 Å². The first-order chi connectivity index (χ1) is 12.7. The molecule has 3 N–H and O–H groups in total. The lowest BCUT2D eigenvalue weighted by Gasteiger charge is -2.34. The van der Waals surface area contributed by atoms with Crippen LogP contribution >= 0.6 is 0 Å². The maximum atomic E-state index is 10.5. The van der Waals surface area contributed by atoms with Gasteiger partial charge in [0, 0.05) is 25.7 Å². The Morgan fingerprint density at radius 1 is 1.23 bits per heavy atom. The van der Waals surface area contributed by atoms with Crippen molar-refractivity contribution < 1.29 is 5.11 Å². The smallest absolute Gasteiger partial charge is 0.191 e. The van der Waals surface area contributed by atoms with Crippen LogP contribution in [0.5, 0.6) is 0 Å². The molecule has 1 aromatic carbocycles. The van der Waals surface area contributed by atoms with E-state index in [0.29, 0.717) is 12.6 Å². The van der Waals surface area contributed by atoms with Crippen molar-refractivity contribution in [3.8, 4) is 0 Å². The number of nitrogens with one attached hydrogen (secondary N) is 2. The van der Waals surface area contributed by atoms with Gasteiger partial charge in [0.1, 0.15) is 0 Å². The molecule has 0 spiro atoms. The highest BCUT2D eigenvalue weighted by molar-refractivity contribution is 5.80. The third-order valence-electron chi connectivity index (χ3n) is 5.51. The second-order valence-electron chi connectivity index (χ2n) is 7.83. The van der Waals surface area contributed by atoms with Crippen LogP contribution in [-0.2, 0) is 6.54 Å². The highest BCUT2D eigenvalue weighted by Crippen LogP contribution is 2.29. The standard InChI is InChI=1S/C21H34N4O/c1-2-22-20(23-17-21(26)12-6-7-13-21)24-19-11-8-14-25(16-19)15-18-9-4-3-5-10-18/h3-5,9-10,19,26H,2,6-8,11-17H2,1H3,(H2,22,23,24). The van der Waals surface area contributed by atoms with Crippen molar-refractivity contribution in [2.45, 2.75) is 63.6 Å². The lowest BCUT2D eigenvalue weighted by atomic mass is 10.0. The first kappa shape index (κ1) is 19.2.